The highest BCUT2D eigenvalue weighted by atomic mass is 35.5. The van der Waals surface area contributed by atoms with Crippen LogP contribution in [0.5, 0.6) is 0 Å². The van der Waals surface area contributed by atoms with E-state index in [4.69, 9.17) is 22.1 Å². The van der Waals surface area contributed by atoms with Crippen LogP contribution >= 0.6 is 11.6 Å². The Morgan fingerprint density at radius 2 is 2.21 bits per heavy atom. The van der Waals surface area contributed by atoms with Gasteiger partial charge in [-0.25, -0.2) is 0 Å². The molecule has 1 aromatic rings. The van der Waals surface area contributed by atoms with Gasteiger partial charge in [-0.15, -0.1) is 0 Å². The van der Waals surface area contributed by atoms with Gasteiger partial charge in [-0.05, 0) is 36.6 Å². The summed E-state index contributed by atoms with van der Waals surface area (Å²) in [6.07, 6.45) is 1.88. The molecule has 0 saturated heterocycles. The molecule has 0 amide bonds. The van der Waals surface area contributed by atoms with E-state index in [1.165, 1.54) is 5.56 Å². The quantitative estimate of drug-likeness (QED) is 0.815. The van der Waals surface area contributed by atoms with E-state index in [9.17, 15) is 0 Å². The summed E-state index contributed by atoms with van der Waals surface area (Å²) in [6.45, 7) is 1.30. The van der Waals surface area contributed by atoms with Gasteiger partial charge >= 0.3 is 0 Å². The molecule has 0 bridgehead atoms. The average Bonchev–Trinajstić information content (AvgIpc) is 2.18. The summed E-state index contributed by atoms with van der Waals surface area (Å²) in [4.78, 5) is 0. The van der Waals surface area contributed by atoms with Crippen LogP contribution in [-0.2, 0) is 17.8 Å². The fourth-order valence-electron chi connectivity index (χ4n) is 1.45. The molecule has 1 rings (SSSR count). The van der Waals surface area contributed by atoms with Crippen molar-refractivity contribution in [3.63, 3.8) is 0 Å². The average molecular weight is 214 g/mol. The molecule has 2 nitrogen and oxygen atoms in total. The lowest BCUT2D eigenvalue weighted by molar-refractivity contribution is 0.184. The lowest BCUT2D eigenvalue weighted by Gasteiger charge is -2.10. The second-order valence-electron chi connectivity index (χ2n) is 3.20. The van der Waals surface area contributed by atoms with Crippen molar-refractivity contribution in [2.75, 3.05) is 13.7 Å². The van der Waals surface area contributed by atoms with Crippen molar-refractivity contribution in [1.29, 1.82) is 0 Å². The standard InChI is InChI=1S/C11H16ClNO/c1-14-8-9-4-2-6-11(12)10(9)5-3-7-13/h2,4,6H,3,5,7-8,13H2,1H3. The van der Waals surface area contributed by atoms with Gasteiger partial charge in [-0.2, -0.15) is 0 Å². The van der Waals surface area contributed by atoms with E-state index in [0.717, 1.165) is 23.4 Å². The molecule has 78 valence electrons. The largest absolute Gasteiger partial charge is 0.380 e. The van der Waals surface area contributed by atoms with E-state index in [2.05, 4.69) is 0 Å². The molecule has 3 heteroatoms. The first-order valence-corrected chi connectivity index (χ1v) is 5.12. The SMILES string of the molecule is COCc1cccc(Cl)c1CCCN. The molecular weight excluding hydrogens is 198 g/mol. The Balaban J connectivity index is 2.84. The van der Waals surface area contributed by atoms with Crippen molar-refractivity contribution in [2.24, 2.45) is 5.73 Å². The van der Waals surface area contributed by atoms with Crippen LogP contribution in [0.4, 0.5) is 0 Å². The highest BCUT2D eigenvalue weighted by Crippen LogP contribution is 2.22. The number of hydrogen-bond acceptors (Lipinski definition) is 2. The zero-order valence-corrected chi connectivity index (χ0v) is 9.18. The number of ether oxygens (including phenoxy) is 1. The molecular formula is C11H16ClNO. The first-order chi connectivity index (χ1) is 6.79. The van der Waals surface area contributed by atoms with Crippen LogP contribution < -0.4 is 5.73 Å². The van der Waals surface area contributed by atoms with E-state index < -0.39 is 0 Å². The predicted molar refractivity (Wildman–Crippen MR) is 59.5 cm³/mol. The number of halogens is 1. The maximum absolute atomic E-state index is 6.10. The highest BCUT2D eigenvalue weighted by Gasteiger charge is 2.05. The van der Waals surface area contributed by atoms with Crippen molar-refractivity contribution in [2.45, 2.75) is 19.4 Å². The van der Waals surface area contributed by atoms with Gasteiger partial charge in [-0.3, -0.25) is 0 Å². The van der Waals surface area contributed by atoms with Crippen LogP contribution in [0.25, 0.3) is 0 Å². The van der Waals surface area contributed by atoms with Crippen molar-refractivity contribution in [3.05, 3.63) is 34.3 Å². The molecule has 0 heterocycles. The summed E-state index contributed by atoms with van der Waals surface area (Å²) >= 11 is 6.10. The summed E-state index contributed by atoms with van der Waals surface area (Å²) in [7, 11) is 1.69. The lowest BCUT2D eigenvalue weighted by atomic mass is 10.0. The minimum Gasteiger partial charge on any atom is -0.380 e. The van der Waals surface area contributed by atoms with Crippen molar-refractivity contribution in [3.8, 4) is 0 Å². The van der Waals surface area contributed by atoms with E-state index in [1.54, 1.807) is 7.11 Å². The van der Waals surface area contributed by atoms with Crippen molar-refractivity contribution >= 4 is 11.6 Å². The highest BCUT2D eigenvalue weighted by molar-refractivity contribution is 6.31. The summed E-state index contributed by atoms with van der Waals surface area (Å²) in [5.41, 5.74) is 7.80. The van der Waals surface area contributed by atoms with Crippen LogP contribution in [0.15, 0.2) is 18.2 Å². The number of methoxy groups -OCH3 is 1. The van der Waals surface area contributed by atoms with Crippen LogP contribution in [-0.4, -0.2) is 13.7 Å². The smallest absolute Gasteiger partial charge is 0.0716 e. The maximum atomic E-state index is 6.10. The van der Waals surface area contributed by atoms with E-state index in [1.807, 2.05) is 18.2 Å². The number of nitrogens with two attached hydrogens (primary N) is 1. The van der Waals surface area contributed by atoms with Crippen molar-refractivity contribution < 1.29 is 4.74 Å². The zero-order chi connectivity index (χ0) is 10.4. The Morgan fingerprint density at radius 1 is 1.43 bits per heavy atom. The molecule has 14 heavy (non-hydrogen) atoms. The third-order valence-electron chi connectivity index (χ3n) is 2.15. The van der Waals surface area contributed by atoms with E-state index in [0.29, 0.717) is 13.2 Å². The molecule has 0 saturated carbocycles. The number of rotatable bonds is 5. The summed E-state index contributed by atoms with van der Waals surface area (Å²) in [6, 6.07) is 5.90. The van der Waals surface area contributed by atoms with Crippen LogP contribution in [0.1, 0.15) is 17.5 Å². The number of hydrogen-bond donors (Lipinski definition) is 1. The van der Waals surface area contributed by atoms with Gasteiger partial charge in [0.25, 0.3) is 0 Å². The first kappa shape index (κ1) is 11.5. The number of benzene rings is 1. The minimum absolute atomic E-state index is 0.612. The Bertz CT molecular complexity index is 289. The van der Waals surface area contributed by atoms with Gasteiger partial charge in [0, 0.05) is 12.1 Å². The molecule has 0 unspecified atom stereocenters. The Kier molecular flexibility index (Phi) is 4.94. The van der Waals surface area contributed by atoms with Crippen LogP contribution in [0.3, 0.4) is 0 Å². The van der Waals surface area contributed by atoms with Gasteiger partial charge < -0.3 is 10.5 Å². The fraction of sp³-hybridized carbons (Fsp3) is 0.455. The molecule has 0 fully saturated rings. The Morgan fingerprint density at radius 3 is 2.86 bits per heavy atom. The lowest BCUT2D eigenvalue weighted by Crippen LogP contribution is -2.03. The van der Waals surface area contributed by atoms with Gasteiger partial charge in [0.1, 0.15) is 0 Å². The zero-order valence-electron chi connectivity index (χ0n) is 8.42. The normalized spacial score (nSPS) is 10.5. The molecule has 2 N–H and O–H groups in total. The van der Waals surface area contributed by atoms with Crippen molar-refractivity contribution in [1.82, 2.24) is 0 Å². The maximum Gasteiger partial charge on any atom is 0.0716 e. The van der Waals surface area contributed by atoms with E-state index in [-0.39, 0.29) is 0 Å². The molecule has 0 aliphatic heterocycles. The Hall–Kier alpha value is -0.570. The summed E-state index contributed by atoms with van der Waals surface area (Å²) in [5.74, 6) is 0. The molecule has 0 spiro atoms. The molecule has 0 aromatic heterocycles. The first-order valence-electron chi connectivity index (χ1n) is 4.75. The third kappa shape index (κ3) is 2.98. The van der Waals surface area contributed by atoms with Gasteiger partial charge in [-0.1, -0.05) is 23.7 Å². The van der Waals surface area contributed by atoms with Crippen LogP contribution in [0, 0.1) is 0 Å². The van der Waals surface area contributed by atoms with Gasteiger partial charge in [0.2, 0.25) is 0 Å². The second kappa shape index (κ2) is 6.02. The molecule has 0 radical (unpaired) electrons. The van der Waals surface area contributed by atoms with E-state index >= 15 is 0 Å². The predicted octanol–water partition coefficient (Wildman–Crippen LogP) is 2.38. The van der Waals surface area contributed by atoms with Crippen LogP contribution in [0.2, 0.25) is 5.02 Å². The molecule has 0 aliphatic carbocycles. The minimum atomic E-state index is 0.612. The van der Waals surface area contributed by atoms with Gasteiger partial charge in [0.05, 0.1) is 6.61 Å². The summed E-state index contributed by atoms with van der Waals surface area (Å²) in [5, 5.41) is 0.813. The van der Waals surface area contributed by atoms with Gasteiger partial charge in [0.15, 0.2) is 0 Å². The monoisotopic (exact) mass is 213 g/mol. The Labute approximate surface area is 90.0 Å². The molecule has 0 atom stereocenters. The third-order valence-corrected chi connectivity index (χ3v) is 2.50. The summed E-state index contributed by atoms with van der Waals surface area (Å²) < 4.78 is 5.11. The second-order valence-corrected chi connectivity index (χ2v) is 3.61. The molecule has 0 aliphatic rings. The molecule has 1 aromatic carbocycles. The fourth-order valence-corrected chi connectivity index (χ4v) is 1.74. The topological polar surface area (TPSA) is 35.2 Å².